The number of carbonyl (C=O) groups excluding carboxylic acids is 1. The van der Waals surface area contributed by atoms with Crippen LogP contribution in [0.1, 0.15) is 23.2 Å². The Balaban J connectivity index is 1.43. The van der Waals surface area contributed by atoms with Gasteiger partial charge in [0.05, 0.1) is 24.3 Å². The van der Waals surface area contributed by atoms with Gasteiger partial charge >= 0.3 is 0 Å². The molecular formula is C20H22N4O2S. The molecule has 1 aromatic carbocycles. The highest BCUT2D eigenvalue weighted by molar-refractivity contribution is 7.08. The van der Waals surface area contributed by atoms with Crippen LogP contribution in [0, 0.1) is 0 Å². The standard InChI is InChI=1S/C20H22N4O2S/c1-23-14-8-13(9-15(23)12-26-11-14)22-20(25)17-10-24(19-6-7-21-27-19)18-5-3-2-4-16(17)18/h2-7,10,13-15H,8-9,11-12H2,1H3,(H,22,25)/t13?,14-,15+. The smallest absolute Gasteiger partial charge is 0.253 e. The zero-order valence-corrected chi connectivity index (χ0v) is 16.0. The van der Waals surface area contributed by atoms with Gasteiger partial charge in [0.2, 0.25) is 0 Å². The maximum Gasteiger partial charge on any atom is 0.253 e. The summed E-state index contributed by atoms with van der Waals surface area (Å²) in [6, 6.07) is 11.0. The molecule has 7 heteroatoms. The zero-order valence-electron chi connectivity index (χ0n) is 15.2. The van der Waals surface area contributed by atoms with Crippen LogP contribution in [0.15, 0.2) is 42.7 Å². The average Bonchev–Trinajstić information content (AvgIpc) is 3.30. The van der Waals surface area contributed by atoms with E-state index in [0.717, 1.165) is 47.5 Å². The van der Waals surface area contributed by atoms with E-state index in [1.54, 1.807) is 6.20 Å². The number of likely N-dealkylation sites (N-methyl/N-ethyl adjacent to an activating group) is 1. The molecule has 0 spiro atoms. The molecule has 27 heavy (non-hydrogen) atoms. The van der Waals surface area contributed by atoms with E-state index in [2.05, 4.69) is 26.2 Å². The Labute approximate surface area is 161 Å². The summed E-state index contributed by atoms with van der Waals surface area (Å²) in [6.45, 7) is 1.51. The van der Waals surface area contributed by atoms with Crippen LogP contribution in [0.5, 0.6) is 0 Å². The predicted octanol–water partition coefficient (Wildman–Crippen LogP) is 2.68. The molecular weight excluding hydrogens is 360 g/mol. The lowest BCUT2D eigenvalue weighted by Crippen LogP contribution is -2.59. The molecule has 0 radical (unpaired) electrons. The second kappa shape index (κ2) is 6.74. The normalized spacial score (nSPS) is 25.6. The van der Waals surface area contributed by atoms with Crippen molar-refractivity contribution in [3.63, 3.8) is 0 Å². The molecule has 2 aromatic heterocycles. The molecule has 5 rings (SSSR count). The van der Waals surface area contributed by atoms with E-state index < -0.39 is 0 Å². The lowest BCUT2D eigenvalue weighted by Gasteiger charge is -2.46. The van der Waals surface area contributed by atoms with E-state index in [1.807, 2.05) is 36.5 Å². The Morgan fingerprint density at radius 3 is 2.74 bits per heavy atom. The van der Waals surface area contributed by atoms with Gasteiger partial charge in [0.15, 0.2) is 0 Å². The van der Waals surface area contributed by atoms with Gasteiger partial charge in [-0.1, -0.05) is 18.2 Å². The van der Waals surface area contributed by atoms with E-state index in [9.17, 15) is 4.79 Å². The molecule has 3 aromatic rings. The topological polar surface area (TPSA) is 59.4 Å². The number of aromatic nitrogens is 2. The van der Waals surface area contributed by atoms with Crippen LogP contribution < -0.4 is 5.32 Å². The van der Waals surface area contributed by atoms with Crippen molar-refractivity contribution in [3.05, 3.63) is 48.3 Å². The number of nitrogens with one attached hydrogen (secondary N) is 1. The number of carbonyl (C=O) groups is 1. The molecule has 2 aliphatic rings. The summed E-state index contributed by atoms with van der Waals surface area (Å²) in [6.07, 6.45) is 5.60. The number of ether oxygens (including phenoxy) is 1. The number of para-hydroxylation sites is 1. The number of piperidine rings is 1. The third kappa shape index (κ3) is 2.96. The molecule has 0 aliphatic carbocycles. The summed E-state index contributed by atoms with van der Waals surface area (Å²) in [7, 11) is 2.17. The summed E-state index contributed by atoms with van der Waals surface area (Å²) in [4.78, 5) is 15.5. The lowest BCUT2D eigenvalue weighted by atomic mass is 9.90. The minimum absolute atomic E-state index is 0.00279. The Morgan fingerprint density at radius 2 is 2.00 bits per heavy atom. The summed E-state index contributed by atoms with van der Waals surface area (Å²) >= 11 is 1.42. The van der Waals surface area contributed by atoms with E-state index in [0.29, 0.717) is 12.1 Å². The van der Waals surface area contributed by atoms with Gasteiger partial charge in [-0.25, -0.2) is 0 Å². The van der Waals surface area contributed by atoms with Crippen LogP contribution in [-0.4, -0.2) is 58.1 Å². The molecule has 2 saturated heterocycles. The van der Waals surface area contributed by atoms with Gasteiger partial charge in [-0.2, -0.15) is 4.37 Å². The van der Waals surface area contributed by atoms with Crippen LogP contribution in [0.25, 0.3) is 15.9 Å². The quantitative estimate of drug-likeness (QED) is 0.757. The molecule has 140 valence electrons. The van der Waals surface area contributed by atoms with Crippen LogP contribution in [0.3, 0.4) is 0 Å². The summed E-state index contributed by atoms with van der Waals surface area (Å²) in [5.41, 5.74) is 1.75. The number of fused-ring (bicyclic) bond motifs is 3. The zero-order chi connectivity index (χ0) is 18.4. The highest BCUT2D eigenvalue weighted by atomic mass is 32.1. The van der Waals surface area contributed by atoms with E-state index in [4.69, 9.17) is 4.74 Å². The Bertz CT molecular complexity index is 954. The van der Waals surface area contributed by atoms with Crippen molar-refractivity contribution < 1.29 is 9.53 Å². The maximum absolute atomic E-state index is 13.1. The predicted molar refractivity (Wildman–Crippen MR) is 106 cm³/mol. The van der Waals surface area contributed by atoms with Gasteiger partial charge < -0.3 is 14.6 Å². The number of hydrogen-bond acceptors (Lipinski definition) is 5. The first kappa shape index (κ1) is 16.9. The molecule has 2 fully saturated rings. The number of hydrogen-bond donors (Lipinski definition) is 1. The van der Waals surface area contributed by atoms with E-state index >= 15 is 0 Å². The van der Waals surface area contributed by atoms with Crippen molar-refractivity contribution in [2.75, 3.05) is 20.3 Å². The fourth-order valence-electron chi connectivity index (χ4n) is 4.35. The minimum Gasteiger partial charge on any atom is -0.378 e. The van der Waals surface area contributed by atoms with Crippen molar-refractivity contribution >= 4 is 28.3 Å². The highest BCUT2D eigenvalue weighted by Crippen LogP contribution is 2.29. The molecule has 0 saturated carbocycles. The summed E-state index contributed by atoms with van der Waals surface area (Å²) < 4.78 is 11.9. The van der Waals surface area contributed by atoms with Crippen molar-refractivity contribution in [3.8, 4) is 5.00 Å². The van der Waals surface area contributed by atoms with Gasteiger partial charge in [-0.15, -0.1) is 0 Å². The number of benzene rings is 1. The van der Waals surface area contributed by atoms with Gasteiger partial charge in [-0.05, 0) is 43.6 Å². The molecule has 1 unspecified atom stereocenters. The Kier molecular flexibility index (Phi) is 4.22. The van der Waals surface area contributed by atoms with Crippen molar-refractivity contribution in [2.24, 2.45) is 0 Å². The fraction of sp³-hybridized carbons (Fsp3) is 0.400. The molecule has 2 bridgehead atoms. The second-order valence-corrected chi connectivity index (χ2v) is 8.24. The third-order valence-corrected chi connectivity index (χ3v) is 6.59. The van der Waals surface area contributed by atoms with Crippen LogP contribution in [-0.2, 0) is 4.74 Å². The first-order valence-corrected chi connectivity index (χ1v) is 10.1. The number of rotatable bonds is 3. The molecule has 3 atom stereocenters. The SMILES string of the molecule is CN1[C@@H]2COC[C@H]1CC(NC(=O)c1cn(-c3ccns3)c3ccccc13)C2. The van der Waals surface area contributed by atoms with Gasteiger partial charge in [-0.3, -0.25) is 9.69 Å². The van der Waals surface area contributed by atoms with Crippen molar-refractivity contribution in [2.45, 2.75) is 31.0 Å². The van der Waals surface area contributed by atoms with Crippen LogP contribution in [0.4, 0.5) is 0 Å². The average molecular weight is 382 g/mol. The van der Waals surface area contributed by atoms with E-state index in [-0.39, 0.29) is 11.9 Å². The monoisotopic (exact) mass is 382 g/mol. The molecule has 1 amide bonds. The van der Waals surface area contributed by atoms with Gasteiger partial charge in [0.25, 0.3) is 5.91 Å². The summed E-state index contributed by atoms with van der Waals surface area (Å²) in [5, 5.41) is 5.27. The Hall–Kier alpha value is -2.22. The Morgan fingerprint density at radius 1 is 1.22 bits per heavy atom. The summed E-state index contributed by atoms with van der Waals surface area (Å²) in [5.74, 6) is 0.00279. The fourth-order valence-corrected chi connectivity index (χ4v) is 4.94. The van der Waals surface area contributed by atoms with E-state index in [1.165, 1.54) is 11.5 Å². The number of amides is 1. The van der Waals surface area contributed by atoms with Crippen molar-refractivity contribution in [1.82, 2.24) is 19.2 Å². The maximum atomic E-state index is 13.1. The molecule has 4 heterocycles. The minimum atomic E-state index is 0.00279. The van der Waals surface area contributed by atoms with Crippen LogP contribution >= 0.6 is 11.5 Å². The molecule has 6 nitrogen and oxygen atoms in total. The lowest BCUT2D eigenvalue weighted by molar-refractivity contribution is -0.0670. The first-order valence-electron chi connectivity index (χ1n) is 9.32. The number of nitrogens with zero attached hydrogens (tertiary/aromatic N) is 3. The second-order valence-electron chi connectivity index (χ2n) is 7.43. The highest BCUT2D eigenvalue weighted by Gasteiger charge is 2.37. The largest absolute Gasteiger partial charge is 0.378 e. The first-order chi connectivity index (χ1) is 13.2. The van der Waals surface area contributed by atoms with Crippen LogP contribution in [0.2, 0.25) is 0 Å². The number of morpholine rings is 1. The van der Waals surface area contributed by atoms with Gasteiger partial charge in [0, 0.05) is 35.9 Å². The molecule has 1 N–H and O–H groups in total. The third-order valence-electron chi connectivity index (χ3n) is 5.84. The van der Waals surface area contributed by atoms with Crippen molar-refractivity contribution in [1.29, 1.82) is 0 Å². The molecule has 2 aliphatic heterocycles. The van der Waals surface area contributed by atoms with Gasteiger partial charge in [0.1, 0.15) is 5.00 Å².